The van der Waals surface area contributed by atoms with E-state index in [0.29, 0.717) is 10.6 Å². The summed E-state index contributed by atoms with van der Waals surface area (Å²) in [6.45, 7) is 3.89. The van der Waals surface area contributed by atoms with Crippen LogP contribution in [0.15, 0.2) is 0 Å². The number of aryl methyl sites for hydroxylation is 1. The number of ether oxygens (including phenoxy) is 1. The molecule has 0 spiro atoms. The molecule has 130 valence electrons. The molecule has 4 aliphatic carbocycles. The highest BCUT2D eigenvalue weighted by Crippen LogP contribution is 2.60. The van der Waals surface area contributed by atoms with E-state index in [4.69, 9.17) is 4.74 Å². The molecule has 4 fully saturated rings. The maximum Gasteiger partial charge on any atom is 0.341 e. The van der Waals surface area contributed by atoms with E-state index >= 15 is 0 Å². The summed E-state index contributed by atoms with van der Waals surface area (Å²) in [6, 6.07) is 0. The summed E-state index contributed by atoms with van der Waals surface area (Å²) in [5.74, 6) is 1.96. The van der Waals surface area contributed by atoms with E-state index in [-0.39, 0.29) is 17.3 Å². The number of rotatable bonds is 3. The first kappa shape index (κ1) is 16.1. The number of anilines is 1. The van der Waals surface area contributed by atoms with Crippen molar-refractivity contribution in [2.75, 3.05) is 12.4 Å². The molecule has 1 aromatic rings. The fourth-order valence-electron chi connectivity index (χ4n) is 5.69. The highest BCUT2D eigenvalue weighted by atomic mass is 32.1. The lowest BCUT2D eigenvalue weighted by Gasteiger charge is -2.55. The smallest absolute Gasteiger partial charge is 0.341 e. The van der Waals surface area contributed by atoms with Crippen LogP contribution in [0.3, 0.4) is 0 Å². The Kier molecular flexibility index (Phi) is 3.75. The SMILES string of the molecule is COC(=O)c1c(NC(=O)C23CC4CC(CC(C4)C2)C3)sc(C)c1C. The second-order valence-corrected chi connectivity index (χ2v) is 9.36. The molecule has 0 saturated heterocycles. The fourth-order valence-corrected chi connectivity index (χ4v) is 6.73. The molecule has 0 radical (unpaired) electrons. The fraction of sp³-hybridized carbons (Fsp3) is 0.684. The van der Waals surface area contributed by atoms with E-state index in [2.05, 4.69) is 5.32 Å². The van der Waals surface area contributed by atoms with Gasteiger partial charge < -0.3 is 10.1 Å². The van der Waals surface area contributed by atoms with Crippen molar-refractivity contribution in [2.45, 2.75) is 52.4 Å². The summed E-state index contributed by atoms with van der Waals surface area (Å²) >= 11 is 1.48. The van der Waals surface area contributed by atoms with Crippen LogP contribution in [0.1, 0.15) is 59.3 Å². The third kappa shape index (κ3) is 2.40. The maximum atomic E-state index is 13.2. The monoisotopic (exact) mass is 347 g/mol. The number of hydrogen-bond acceptors (Lipinski definition) is 4. The van der Waals surface area contributed by atoms with Gasteiger partial charge in [0.2, 0.25) is 5.91 Å². The summed E-state index contributed by atoms with van der Waals surface area (Å²) in [4.78, 5) is 26.4. The molecule has 5 rings (SSSR count). The Morgan fingerprint density at radius 1 is 1.08 bits per heavy atom. The lowest BCUT2D eigenvalue weighted by atomic mass is 9.49. The predicted octanol–water partition coefficient (Wildman–Crippen LogP) is 4.31. The zero-order valence-corrected chi connectivity index (χ0v) is 15.4. The van der Waals surface area contributed by atoms with E-state index in [1.54, 1.807) is 0 Å². The molecule has 5 heteroatoms. The Balaban J connectivity index is 1.61. The van der Waals surface area contributed by atoms with Crippen LogP contribution in [0.4, 0.5) is 5.00 Å². The van der Waals surface area contributed by atoms with Crippen LogP contribution in [0.2, 0.25) is 0 Å². The Bertz CT molecular complexity index is 670. The summed E-state index contributed by atoms with van der Waals surface area (Å²) < 4.78 is 4.92. The van der Waals surface area contributed by atoms with E-state index in [9.17, 15) is 9.59 Å². The van der Waals surface area contributed by atoms with Crippen molar-refractivity contribution in [2.24, 2.45) is 23.2 Å². The standard InChI is InChI=1S/C19H25NO3S/c1-10-11(2)24-16(15(10)17(21)23-3)20-18(22)19-7-12-4-13(8-19)6-14(5-12)9-19/h12-14H,4-9H2,1-3H3,(H,20,22). The summed E-state index contributed by atoms with van der Waals surface area (Å²) in [5.41, 5.74) is 1.24. The molecule has 4 saturated carbocycles. The van der Waals surface area contributed by atoms with Crippen molar-refractivity contribution >= 4 is 28.2 Å². The molecule has 4 aliphatic rings. The van der Waals surface area contributed by atoms with E-state index < -0.39 is 0 Å². The first-order valence-corrected chi connectivity index (χ1v) is 9.73. The van der Waals surface area contributed by atoms with Gasteiger partial charge in [-0.3, -0.25) is 4.79 Å². The second-order valence-electron chi connectivity index (χ2n) is 8.13. The van der Waals surface area contributed by atoms with Crippen molar-refractivity contribution in [1.82, 2.24) is 0 Å². The Morgan fingerprint density at radius 3 is 2.12 bits per heavy atom. The number of amides is 1. The van der Waals surface area contributed by atoms with Crippen molar-refractivity contribution in [3.05, 3.63) is 16.0 Å². The third-order valence-corrected chi connectivity index (χ3v) is 7.64. The van der Waals surface area contributed by atoms with Crippen LogP contribution in [-0.2, 0) is 9.53 Å². The molecule has 0 atom stereocenters. The maximum absolute atomic E-state index is 13.2. The first-order chi connectivity index (χ1) is 11.4. The van der Waals surface area contributed by atoms with Crippen LogP contribution >= 0.6 is 11.3 Å². The molecule has 1 amide bonds. The predicted molar refractivity (Wildman–Crippen MR) is 94.4 cm³/mol. The topological polar surface area (TPSA) is 55.4 Å². The molecule has 0 aliphatic heterocycles. The Morgan fingerprint density at radius 2 is 1.62 bits per heavy atom. The highest BCUT2D eigenvalue weighted by molar-refractivity contribution is 7.16. The number of nitrogens with one attached hydrogen (secondary N) is 1. The second kappa shape index (κ2) is 5.58. The Labute approximate surface area is 147 Å². The van der Waals surface area contributed by atoms with Gasteiger partial charge in [-0.25, -0.2) is 4.79 Å². The van der Waals surface area contributed by atoms with Crippen molar-refractivity contribution in [1.29, 1.82) is 0 Å². The van der Waals surface area contributed by atoms with Gasteiger partial charge in [0.15, 0.2) is 0 Å². The van der Waals surface area contributed by atoms with E-state index in [0.717, 1.165) is 47.5 Å². The molecule has 0 unspecified atom stereocenters. The number of carbonyl (C=O) groups excluding carboxylic acids is 2. The van der Waals surface area contributed by atoms with Crippen LogP contribution in [0, 0.1) is 37.0 Å². The molecule has 24 heavy (non-hydrogen) atoms. The average Bonchev–Trinajstić information content (AvgIpc) is 2.79. The molecular weight excluding hydrogens is 322 g/mol. The van der Waals surface area contributed by atoms with Gasteiger partial charge in [-0.15, -0.1) is 11.3 Å². The number of methoxy groups -OCH3 is 1. The van der Waals surface area contributed by atoms with Crippen LogP contribution in [0.5, 0.6) is 0 Å². The number of esters is 1. The number of thiophene rings is 1. The zero-order valence-electron chi connectivity index (χ0n) is 14.6. The molecule has 0 aromatic carbocycles. The Hall–Kier alpha value is -1.36. The third-order valence-electron chi connectivity index (χ3n) is 6.52. The van der Waals surface area contributed by atoms with Gasteiger partial charge in [0.25, 0.3) is 0 Å². The number of hydrogen-bond donors (Lipinski definition) is 1. The molecule has 4 nitrogen and oxygen atoms in total. The summed E-state index contributed by atoms with van der Waals surface area (Å²) in [5, 5.41) is 3.79. The average molecular weight is 347 g/mol. The molecular formula is C19H25NO3S. The van der Waals surface area contributed by atoms with Gasteiger partial charge in [0.1, 0.15) is 5.00 Å². The normalized spacial score (nSPS) is 33.5. The van der Waals surface area contributed by atoms with Crippen molar-refractivity contribution in [3.63, 3.8) is 0 Å². The van der Waals surface area contributed by atoms with Crippen LogP contribution in [-0.4, -0.2) is 19.0 Å². The van der Waals surface area contributed by atoms with E-state index in [1.807, 2.05) is 13.8 Å². The largest absolute Gasteiger partial charge is 0.465 e. The van der Waals surface area contributed by atoms with Gasteiger partial charge in [0.05, 0.1) is 18.1 Å². The quantitative estimate of drug-likeness (QED) is 0.829. The lowest BCUT2D eigenvalue weighted by molar-refractivity contribution is -0.140. The van der Waals surface area contributed by atoms with Gasteiger partial charge in [0, 0.05) is 4.88 Å². The first-order valence-electron chi connectivity index (χ1n) is 8.91. The van der Waals surface area contributed by atoms with Crippen LogP contribution < -0.4 is 5.32 Å². The van der Waals surface area contributed by atoms with Gasteiger partial charge >= 0.3 is 5.97 Å². The molecule has 1 heterocycles. The van der Waals surface area contributed by atoms with Gasteiger partial charge in [-0.2, -0.15) is 0 Å². The van der Waals surface area contributed by atoms with Gasteiger partial charge in [-0.05, 0) is 75.7 Å². The van der Waals surface area contributed by atoms with E-state index in [1.165, 1.54) is 37.7 Å². The molecule has 1 aromatic heterocycles. The highest BCUT2D eigenvalue weighted by Gasteiger charge is 2.54. The molecule has 4 bridgehead atoms. The minimum atomic E-state index is -0.363. The molecule has 1 N–H and O–H groups in total. The van der Waals surface area contributed by atoms with Crippen molar-refractivity contribution in [3.8, 4) is 0 Å². The minimum absolute atomic E-state index is 0.132. The van der Waals surface area contributed by atoms with Crippen LogP contribution in [0.25, 0.3) is 0 Å². The summed E-state index contributed by atoms with van der Waals surface area (Å²) in [6.07, 6.45) is 7.04. The zero-order chi connectivity index (χ0) is 17.1. The van der Waals surface area contributed by atoms with Crippen molar-refractivity contribution < 1.29 is 14.3 Å². The summed E-state index contributed by atoms with van der Waals surface area (Å²) in [7, 11) is 1.39. The minimum Gasteiger partial charge on any atom is -0.465 e. The van der Waals surface area contributed by atoms with Gasteiger partial charge in [-0.1, -0.05) is 0 Å². The lowest BCUT2D eigenvalue weighted by Crippen LogP contribution is -2.51. The number of carbonyl (C=O) groups is 2.